The molecule has 1 saturated heterocycles. The van der Waals surface area contributed by atoms with Gasteiger partial charge >= 0.3 is 0 Å². The Hall–Kier alpha value is -0.430. The molecule has 0 bridgehead atoms. The van der Waals surface area contributed by atoms with Crippen LogP contribution in [0.1, 0.15) is 5.69 Å². The van der Waals surface area contributed by atoms with Crippen molar-refractivity contribution in [3.05, 3.63) is 28.0 Å². The van der Waals surface area contributed by atoms with Crippen LogP contribution in [0.15, 0.2) is 12.3 Å². The molecule has 2 heterocycles. The average molecular weight is 334 g/mol. The largest absolute Gasteiger partial charge is 0.395 e. The van der Waals surface area contributed by atoms with Gasteiger partial charge in [-0.2, -0.15) is 0 Å². The van der Waals surface area contributed by atoms with Gasteiger partial charge in [0.05, 0.1) is 35.6 Å². The first kappa shape index (κ1) is 16.9. The van der Waals surface area contributed by atoms with Crippen molar-refractivity contribution in [2.24, 2.45) is 0 Å². The van der Waals surface area contributed by atoms with E-state index in [4.69, 9.17) is 27.9 Å². The standard InChI is InChI=1S/C14H21Cl2N3O2/c15-12-9-13(16)14(17-10-12)11-19(3-6-20)2-1-18-4-7-21-8-5-18/h9-10,20H,1-8,11H2. The minimum atomic E-state index is 0.119. The van der Waals surface area contributed by atoms with E-state index < -0.39 is 0 Å². The van der Waals surface area contributed by atoms with Crippen molar-refractivity contribution in [1.82, 2.24) is 14.8 Å². The highest BCUT2D eigenvalue weighted by atomic mass is 35.5. The summed E-state index contributed by atoms with van der Waals surface area (Å²) >= 11 is 12.0. The molecule has 118 valence electrons. The molecule has 0 spiro atoms. The van der Waals surface area contributed by atoms with E-state index in [0.29, 0.717) is 23.1 Å². The second-order valence-electron chi connectivity index (χ2n) is 5.04. The Labute approximate surface area is 135 Å². The Morgan fingerprint density at radius 2 is 2.05 bits per heavy atom. The van der Waals surface area contributed by atoms with Crippen LogP contribution in [0.25, 0.3) is 0 Å². The first-order valence-electron chi connectivity index (χ1n) is 7.12. The SMILES string of the molecule is OCCN(CCN1CCOCC1)Cc1ncc(Cl)cc1Cl. The molecule has 0 aromatic carbocycles. The van der Waals surface area contributed by atoms with Crippen molar-refractivity contribution in [2.45, 2.75) is 6.54 Å². The highest BCUT2D eigenvalue weighted by Gasteiger charge is 2.14. The number of aliphatic hydroxyl groups excluding tert-OH is 1. The lowest BCUT2D eigenvalue weighted by atomic mass is 10.3. The Morgan fingerprint density at radius 1 is 1.29 bits per heavy atom. The van der Waals surface area contributed by atoms with Gasteiger partial charge in [-0.1, -0.05) is 23.2 Å². The average Bonchev–Trinajstić information content (AvgIpc) is 2.49. The van der Waals surface area contributed by atoms with Crippen LogP contribution in [0.2, 0.25) is 10.0 Å². The summed E-state index contributed by atoms with van der Waals surface area (Å²) in [6, 6.07) is 1.70. The molecule has 0 atom stereocenters. The predicted octanol–water partition coefficient (Wildman–Crippen LogP) is 1.51. The molecule has 0 amide bonds. The number of hydrogen-bond donors (Lipinski definition) is 1. The molecule has 1 fully saturated rings. The fourth-order valence-corrected chi connectivity index (χ4v) is 2.73. The smallest absolute Gasteiger partial charge is 0.0730 e. The number of pyridine rings is 1. The van der Waals surface area contributed by atoms with Crippen molar-refractivity contribution in [1.29, 1.82) is 0 Å². The maximum Gasteiger partial charge on any atom is 0.0730 e. The van der Waals surface area contributed by atoms with E-state index in [0.717, 1.165) is 45.1 Å². The molecule has 7 heteroatoms. The van der Waals surface area contributed by atoms with Crippen LogP contribution in [0.5, 0.6) is 0 Å². The number of morpholine rings is 1. The van der Waals surface area contributed by atoms with Gasteiger partial charge in [0.1, 0.15) is 0 Å². The normalized spacial score (nSPS) is 16.6. The van der Waals surface area contributed by atoms with E-state index >= 15 is 0 Å². The van der Waals surface area contributed by atoms with Crippen LogP contribution in [0, 0.1) is 0 Å². The lowest BCUT2D eigenvalue weighted by Crippen LogP contribution is -2.42. The highest BCUT2D eigenvalue weighted by molar-refractivity contribution is 6.34. The maximum absolute atomic E-state index is 9.22. The van der Waals surface area contributed by atoms with Crippen molar-refractivity contribution < 1.29 is 9.84 Å². The second-order valence-corrected chi connectivity index (χ2v) is 5.88. The van der Waals surface area contributed by atoms with Crippen LogP contribution in [0.4, 0.5) is 0 Å². The molecule has 0 aliphatic carbocycles. The van der Waals surface area contributed by atoms with Gasteiger partial charge in [-0.05, 0) is 6.07 Å². The summed E-state index contributed by atoms with van der Waals surface area (Å²) in [6.45, 7) is 6.67. The highest BCUT2D eigenvalue weighted by Crippen LogP contribution is 2.19. The van der Waals surface area contributed by atoms with Gasteiger partial charge in [-0.15, -0.1) is 0 Å². The summed E-state index contributed by atoms with van der Waals surface area (Å²) in [5, 5.41) is 10.3. The minimum absolute atomic E-state index is 0.119. The molecule has 1 aliphatic rings. The first-order chi connectivity index (χ1) is 10.2. The number of hydrogen-bond acceptors (Lipinski definition) is 5. The number of ether oxygens (including phenoxy) is 1. The molecule has 1 aromatic rings. The Kier molecular flexibility index (Phi) is 7.16. The zero-order chi connectivity index (χ0) is 15.1. The Morgan fingerprint density at radius 3 is 2.71 bits per heavy atom. The van der Waals surface area contributed by atoms with Gasteiger partial charge in [-0.25, -0.2) is 0 Å². The predicted molar refractivity (Wildman–Crippen MR) is 83.9 cm³/mol. The lowest BCUT2D eigenvalue weighted by molar-refractivity contribution is 0.0319. The summed E-state index contributed by atoms with van der Waals surface area (Å²) in [5.41, 5.74) is 0.788. The van der Waals surface area contributed by atoms with Crippen LogP contribution in [-0.4, -0.2) is 72.4 Å². The summed E-state index contributed by atoms with van der Waals surface area (Å²) in [6.07, 6.45) is 1.60. The topological polar surface area (TPSA) is 48.8 Å². The fraction of sp³-hybridized carbons (Fsp3) is 0.643. The molecule has 21 heavy (non-hydrogen) atoms. The van der Waals surface area contributed by atoms with Crippen LogP contribution >= 0.6 is 23.2 Å². The summed E-state index contributed by atoms with van der Waals surface area (Å²) < 4.78 is 5.34. The molecule has 5 nitrogen and oxygen atoms in total. The van der Waals surface area contributed by atoms with Gasteiger partial charge in [0.25, 0.3) is 0 Å². The van der Waals surface area contributed by atoms with Crippen molar-refractivity contribution in [2.75, 3.05) is 52.5 Å². The van der Waals surface area contributed by atoms with Crippen molar-refractivity contribution >= 4 is 23.2 Å². The van der Waals surface area contributed by atoms with Gasteiger partial charge < -0.3 is 9.84 Å². The van der Waals surface area contributed by atoms with Gasteiger partial charge in [0, 0.05) is 45.5 Å². The van der Waals surface area contributed by atoms with Crippen molar-refractivity contribution in [3.8, 4) is 0 Å². The zero-order valence-corrected chi connectivity index (χ0v) is 13.5. The van der Waals surface area contributed by atoms with Gasteiger partial charge in [0.2, 0.25) is 0 Å². The molecule has 1 N–H and O–H groups in total. The van der Waals surface area contributed by atoms with E-state index in [1.54, 1.807) is 12.3 Å². The third-order valence-electron chi connectivity index (χ3n) is 3.51. The summed E-state index contributed by atoms with van der Waals surface area (Å²) in [4.78, 5) is 8.79. The number of nitrogens with zero attached hydrogens (tertiary/aromatic N) is 3. The molecule has 2 rings (SSSR count). The third-order valence-corrected chi connectivity index (χ3v) is 4.04. The van der Waals surface area contributed by atoms with E-state index in [2.05, 4.69) is 14.8 Å². The molecule has 0 saturated carbocycles. The number of rotatable bonds is 7. The van der Waals surface area contributed by atoms with E-state index in [1.807, 2.05) is 0 Å². The lowest BCUT2D eigenvalue weighted by Gasteiger charge is -2.29. The summed E-state index contributed by atoms with van der Waals surface area (Å²) in [5.74, 6) is 0. The van der Waals surface area contributed by atoms with Gasteiger partial charge in [-0.3, -0.25) is 14.8 Å². The molecule has 0 unspecified atom stereocenters. The molecule has 0 radical (unpaired) electrons. The molecular formula is C14H21Cl2N3O2. The van der Waals surface area contributed by atoms with Crippen LogP contribution in [0.3, 0.4) is 0 Å². The number of aromatic nitrogens is 1. The summed E-state index contributed by atoms with van der Waals surface area (Å²) in [7, 11) is 0. The second kappa shape index (κ2) is 8.88. The molecular weight excluding hydrogens is 313 g/mol. The van der Waals surface area contributed by atoms with E-state index in [-0.39, 0.29) is 6.61 Å². The third kappa shape index (κ3) is 5.70. The Bertz CT molecular complexity index is 442. The maximum atomic E-state index is 9.22. The zero-order valence-electron chi connectivity index (χ0n) is 12.0. The molecule has 1 aromatic heterocycles. The Balaban J connectivity index is 1.88. The quantitative estimate of drug-likeness (QED) is 0.819. The number of aliphatic hydroxyl groups is 1. The van der Waals surface area contributed by atoms with E-state index in [1.165, 1.54) is 0 Å². The first-order valence-corrected chi connectivity index (χ1v) is 7.88. The van der Waals surface area contributed by atoms with Crippen LogP contribution < -0.4 is 0 Å². The molecule has 1 aliphatic heterocycles. The fourth-order valence-electron chi connectivity index (χ4n) is 2.29. The number of halogens is 2. The van der Waals surface area contributed by atoms with Crippen LogP contribution in [-0.2, 0) is 11.3 Å². The van der Waals surface area contributed by atoms with Crippen molar-refractivity contribution in [3.63, 3.8) is 0 Å². The monoisotopic (exact) mass is 333 g/mol. The minimum Gasteiger partial charge on any atom is -0.395 e. The van der Waals surface area contributed by atoms with E-state index in [9.17, 15) is 5.11 Å². The van der Waals surface area contributed by atoms with Gasteiger partial charge in [0.15, 0.2) is 0 Å².